The summed E-state index contributed by atoms with van der Waals surface area (Å²) >= 11 is 0. The zero-order valence-corrected chi connectivity index (χ0v) is 11.1. The molecule has 1 N–H and O–H groups in total. The van der Waals surface area contributed by atoms with Crippen LogP contribution in [0, 0.1) is 6.92 Å². The summed E-state index contributed by atoms with van der Waals surface area (Å²) in [5.74, 6) is 0. The van der Waals surface area contributed by atoms with Crippen molar-refractivity contribution in [2.75, 3.05) is 12.3 Å². The first kappa shape index (κ1) is 14.9. The SMILES string of the molecule is CCP(=O)(O)CCc1ccc(C)cc1.[Fe]. The van der Waals surface area contributed by atoms with Gasteiger partial charge in [-0.2, -0.15) is 0 Å². The van der Waals surface area contributed by atoms with Gasteiger partial charge in [0.05, 0.1) is 0 Å². The van der Waals surface area contributed by atoms with Crippen LogP contribution in [-0.4, -0.2) is 17.2 Å². The molecule has 4 heteroatoms. The number of aryl methyl sites for hydroxylation is 2. The Morgan fingerprint density at radius 2 is 1.80 bits per heavy atom. The number of hydrogen-bond donors (Lipinski definition) is 1. The first-order valence-electron chi connectivity index (χ1n) is 4.90. The van der Waals surface area contributed by atoms with Crippen LogP contribution < -0.4 is 0 Å². The minimum atomic E-state index is -2.85. The summed E-state index contributed by atoms with van der Waals surface area (Å²) in [6.45, 7) is 3.79. The van der Waals surface area contributed by atoms with Crippen LogP contribution in [0.1, 0.15) is 18.1 Å². The van der Waals surface area contributed by atoms with Crippen molar-refractivity contribution in [2.45, 2.75) is 20.3 Å². The molecule has 1 aromatic rings. The topological polar surface area (TPSA) is 37.3 Å². The Hall–Kier alpha value is -0.0705. The number of rotatable bonds is 4. The van der Waals surface area contributed by atoms with Gasteiger partial charge in [0.1, 0.15) is 0 Å². The van der Waals surface area contributed by atoms with Crippen molar-refractivity contribution in [2.24, 2.45) is 0 Å². The van der Waals surface area contributed by atoms with E-state index in [9.17, 15) is 9.46 Å². The van der Waals surface area contributed by atoms with Gasteiger partial charge in [0, 0.05) is 29.4 Å². The van der Waals surface area contributed by atoms with Crippen molar-refractivity contribution in [1.29, 1.82) is 0 Å². The molecule has 0 radical (unpaired) electrons. The molecule has 0 bridgehead atoms. The molecule has 1 atom stereocenters. The van der Waals surface area contributed by atoms with E-state index >= 15 is 0 Å². The Morgan fingerprint density at radius 3 is 2.27 bits per heavy atom. The summed E-state index contributed by atoms with van der Waals surface area (Å²) in [6, 6.07) is 8.10. The summed E-state index contributed by atoms with van der Waals surface area (Å²) < 4.78 is 11.4. The third-order valence-electron chi connectivity index (χ3n) is 2.36. The van der Waals surface area contributed by atoms with Crippen LogP contribution >= 0.6 is 7.37 Å². The maximum Gasteiger partial charge on any atom is 0.200 e. The minimum absolute atomic E-state index is 0. The van der Waals surface area contributed by atoms with Gasteiger partial charge in [0.15, 0.2) is 0 Å². The van der Waals surface area contributed by atoms with Crippen LogP contribution in [0.3, 0.4) is 0 Å². The average molecular weight is 268 g/mol. The second kappa shape index (κ2) is 6.50. The van der Waals surface area contributed by atoms with Gasteiger partial charge in [-0.05, 0) is 18.9 Å². The van der Waals surface area contributed by atoms with E-state index in [0.717, 1.165) is 5.56 Å². The van der Waals surface area contributed by atoms with Gasteiger partial charge in [0.25, 0.3) is 0 Å². The van der Waals surface area contributed by atoms with Crippen molar-refractivity contribution in [1.82, 2.24) is 0 Å². The number of hydrogen-bond acceptors (Lipinski definition) is 1. The second-order valence-corrected chi connectivity index (χ2v) is 6.39. The molecule has 15 heavy (non-hydrogen) atoms. The molecule has 86 valence electrons. The molecular weight excluding hydrogens is 251 g/mol. The van der Waals surface area contributed by atoms with E-state index < -0.39 is 7.37 Å². The molecule has 0 aliphatic rings. The Kier molecular flexibility index (Phi) is 6.47. The van der Waals surface area contributed by atoms with E-state index in [-0.39, 0.29) is 17.1 Å². The van der Waals surface area contributed by atoms with Crippen LogP contribution in [-0.2, 0) is 28.1 Å². The molecule has 0 aromatic heterocycles. The maximum absolute atomic E-state index is 11.4. The van der Waals surface area contributed by atoms with E-state index in [0.29, 0.717) is 18.7 Å². The Balaban J connectivity index is 0.00000196. The van der Waals surface area contributed by atoms with Gasteiger partial charge >= 0.3 is 0 Å². The fourth-order valence-corrected chi connectivity index (χ4v) is 2.14. The van der Waals surface area contributed by atoms with Gasteiger partial charge < -0.3 is 4.89 Å². The van der Waals surface area contributed by atoms with Crippen molar-refractivity contribution < 1.29 is 26.5 Å². The first-order chi connectivity index (χ1) is 6.53. The molecule has 1 unspecified atom stereocenters. The van der Waals surface area contributed by atoms with Gasteiger partial charge in [-0.15, -0.1) is 0 Å². The second-order valence-electron chi connectivity index (χ2n) is 3.62. The van der Waals surface area contributed by atoms with Crippen molar-refractivity contribution >= 4 is 7.37 Å². The average Bonchev–Trinajstić information content (AvgIpc) is 2.17. The molecule has 0 spiro atoms. The van der Waals surface area contributed by atoms with Gasteiger partial charge in [0.2, 0.25) is 7.37 Å². The third kappa shape index (κ3) is 5.53. The van der Waals surface area contributed by atoms with Crippen LogP contribution in [0.4, 0.5) is 0 Å². The minimum Gasteiger partial charge on any atom is -0.344 e. The van der Waals surface area contributed by atoms with Crippen LogP contribution in [0.2, 0.25) is 0 Å². The predicted molar refractivity (Wildman–Crippen MR) is 60.1 cm³/mol. The summed E-state index contributed by atoms with van der Waals surface area (Å²) in [4.78, 5) is 9.39. The Morgan fingerprint density at radius 1 is 1.27 bits per heavy atom. The molecule has 2 nitrogen and oxygen atoms in total. The van der Waals surface area contributed by atoms with Crippen molar-refractivity contribution in [3.8, 4) is 0 Å². The smallest absolute Gasteiger partial charge is 0.200 e. The Labute approximate surface area is 102 Å². The molecule has 0 amide bonds. The maximum atomic E-state index is 11.4. The molecule has 0 fully saturated rings. The first-order valence-corrected chi connectivity index (χ1v) is 6.93. The van der Waals surface area contributed by atoms with Crippen molar-refractivity contribution in [3.63, 3.8) is 0 Å². The standard InChI is InChI=1S/C11H17O2P.Fe/c1-3-14(12,13)9-8-11-6-4-10(2)5-7-11;/h4-7H,3,8-9H2,1-2H3,(H,12,13);. The zero-order valence-electron chi connectivity index (χ0n) is 9.09. The van der Waals surface area contributed by atoms with E-state index in [1.54, 1.807) is 6.92 Å². The summed E-state index contributed by atoms with van der Waals surface area (Å²) in [7, 11) is -2.85. The van der Waals surface area contributed by atoms with Crippen molar-refractivity contribution in [3.05, 3.63) is 35.4 Å². The zero-order chi connectivity index (χ0) is 10.6. The van der Waals surface area contributed by atoms with Crippen LogP contribution in [0.15, 0.2) is 24.3 Å². The normalized spacial score (nSPS) is 14.1. The molecule has 0 saturated carbocycles. The van der Waals surface area contributed by atoms with Crippen LogP contribution in [0.25, 0.3) is 0 Å². The van der Waals surface area contributed by atoms with Gasteiger partial charge in [-0.25, -0.2) is 0 Å². The fourth-order valence-electron chi connectivity index (χ4n) is 1.22. The van der Waals surface area contributed by atoms with E-state index in [1.807, 2.05) is 31.2 Å². The molecule has 1 aromatic carbocycles. The summed E-state index contributed by atoms with van der Waals surface area (Å²) in [5.41, 5.74) is 2.36. The van der Waals surface area contributed by atoms with Gasteiger partial charge in [-0.1, -0.05) is 36.8 Å². The summed E-state index contributed by atoms with van der Waals surface area (Å²) in [5, 5.41) is 0. The molecule has 0 aliphatic carbocycles. The third-order valence-corrected chi connectivity index (χ3v) is 4.28. The molecule has 0 heterocycles. The quantitative estimate of drug-likeness (QED) is 0.673. The Bertz CT molecular complexity index is 335. The van der Waals surface area contributed by atoms with E-state index in [4.69, 9.17) is 0 Å². The number of benzene rings is 1. The fraction of sp³-hybridized carbons (Fsp3) is 0.455. The molecule has 0 saturated heterocycles. The molecular formula is C11H17FeO2P. The van der Waals surface area contributed by atoms with E-state index in [2.05, 4.69) is 0 Å². The van der Waals surface area contributed by atoms with E-state index in [1.165, 1.54) is 5.56 Å². The molecule has 0 aliphatic heterocycles. The van der Waals surface area contributed by atoms with Gasteiger partial charge in [-0.3, -0.25) is 4.57 Å². The largest absolute Gasteiger partial charge is 0.344 e. The predicted octanol–water partition coefficient (Wildman–Crippen LogP) is 2.83. The van der Waals surface area contributed by atoms with Crippen LogP contribution in [0.5, 0.6) is 0 Å². The monoisotopic (exact) mass is 268 g/mol. The summed E-state index contributed by atoms with van der Waals surface area (Å²) in [6.07, 6.45) is 1.47. The molecule has 1 rings (SSSR count).